The molecule has 2 aromatic rings. The van der Waals surface area contributed by atoms with E-state index < -0.39 is 0 Å². The average Bonchev–Trinajstić information content (AvgIpc) is 2.42. The van der Waals surface area contributed by atoms with Gasteiger partial charge in [-0.3, -0.25) is 10.1 Å². The molecule has 21 heavy (non-hydrogen) atoms. The van der Waals surface area contributed by atoms with Crippen molar-refractivity contribution in [2.75, 3.05) is 5.32 Å². The number of hydrogen-bond acceptors (Lipinski definition) is 5. The molecule has 2 heterocycles. The Kier molecular flexibility index (Phi) is 4.80. The summed E-state index contributed by atoms with van der Waals surface area (Å²) in [5.41, 5.74) is 2.67. The van der Waals surface area contributed by atoms with Gasteiger partial charge in [0.2, 0.25) is 5.95 Å². The van der Waals surface area contributed by atoms with Crippen molar-refractivity contribution < 1.29 is 4.79 Å². The van der Waals surface area contributed by atoms with Crippen LogP contribution in [0.3, 0.4) is 0 Å². The molecule has 0 saturated heterocycles. The summed E-state index contributed by atoms with van der Waals surface area (Å²) in [5, 5.41) is 10.7. The van der Waals surface area contributed by atoms with Crippen LogP contribution in [-0.2, 0) is 6.42 Å². The van der Waals surface area contributed by atoms with Crippen molar-refractivity contribution in [2.45, 2.75) is 33.6 Å². The number of rotatable bonds is 4. The van der Waals surface area contributed by atoms with E-state index in [1.54, 1.807) is 13.0 Å². The van der Waals surface area contributed by atoms with Gasteiger partial charge in [-0.15, -0.1) is 5.10 Å². The van der Waals surface area contributed by atoms with Gasteiger partial charge in [0.25, 0.3) is 5.91 Å². The number of anilines is 1. The highest BCUT2D eigenvalue weighted by Gasteiger charge is 2.12. The Labute approximate surface area is 128 Å². The van der Waals surface area contributed by atoms with Crippen LogP contribution in [0.2, 0.25) is 5.15 Å². The molecule has 1 amide bonds. The first kappa shape index (κ1) is 15.3. The van der Waals surface area contributed by atoms with E-state index in [2.05, 4.69) is 25.5 Å². The van der Waals surface area contributed by atoms with E-state index >= 15 is 0 Å². The number of aryl methyl sites for hydroxylation is 3. The molecule has 0 aliphatic carbocycles. The minimum Gasteiger partial charge on any atom is -0.289 e. The summed E-state index contributed by atoms with van der Waals surface area (Å²) >= 11 is 5.94. The first-order chi connectivity index (χ1) is 9.99. The summed E-state index contributed by atoms with van der Waals surface area (Å²) < 4.78 is 0. The topological polar surface area (TPSA) is 80.7 Å². The molecule has 110 valence electrons. The van der Waals surface area contributed by atoms with Gasteiger partial charge in [0.05, 0.1) is 11.4 Å². The van der Waals surface area contributed by atoms with Crippen LogP contribution in [0.5, 0.6) is 0 Å². The number of halogens is 1. The van der Waals surface area contributed by atoms with E-state index in [1.165, 1.54) is 6.07 Å². The minimum absolute atomic E-state index is 0.174. The Morgan fingerprint density at radius 1 is 1.19 bits per heavy atom. The Morgan fingerprint density at radius 2 is 1.95 bits per heavy atom. The third kappa shape index (κ3) is 3.95. The van der Waals surface area contributed by atoms with Crippen LogP contribution in [0.4, 0.5) is 5.95 Å². The highest BCUT2D eigenvalue weighted by atomic mass is 35.5. The van der Waals surface area contributed by atoms with Crippen LogP contribution in [0, 0.1) is 13.8 Å². The van der Waals surface area contributed by atoms with Crippen molar-refractivity contribution in [3.8, 4) is 0 Å². The lowest BCUT2D eigenvalue weighted by molar-refractivity contribution is 0.102. The molecule has 0 aliphatic rings. The molecule has 0 saturated carbocycles. The molecule has 6 nitrogen and oxygen atoms in total. The highest BCUT2D eigenvalue weighted by Crippen LogP contribution is 2.14. The molecule has 2 aromatic heterocycles. The number of aromatic nitrogens is 4. The van der Waals surface area contributed by atoms with Crippen LogP contribution in [0.25, 0.3) is 0 Å². The van der Waals surface area contributed by atoms with Crippen molar-refractivity contribution in [3.63, 3.8) is 0 Å². The Bertz CT molecular complexity index is 674. The quantitative estimate of drug-likeness (QED) is 0.878. The number of carbonyl (C=O) groups is 1. The van der Waals surface area contributed by atoms with Gasteiger partial charge in [0.15, 0.2) is 0 Å². The van der Waals surface area contributed by atoms with Crippen LogP contribution in [0.1, 0.15) is 40.8 Å². The maximum atomic E-state index is 12.2. The third-order valence-electron chi connectivity index (χ3n) is 2.93. The molecular formula is C14H16ClN5O. The fourth-order valence-electron chi connectivity index (χ4n) is 1.75. The molecule has 0 aromatic carbocycles. The lowest BCUT2D eigenvalue weighted by Crippen LogP contribution is -2.16. The molecule has 2 rings (SSSR count). The highest BCUT2D eigenvalue weighted by molar-refractivity contribution is 6.29. The lowest BCUT2D eigenvalue weighted by Gasteiger charge is -2.06. The zero-order valence-corrected chi connectivity index (χ0v) is 12.9. The third-order valence-corrected chi connectivity index (χ3v) is 3.13. The number of hydrogen-bond donors (Lipinski definition) is 1. The van der Waals surface area contributed by atoms with Gasteiger partial charge >= 0.3 is 0 Å². The van der Waals surface area contributed by atoms with Crippen molar-refractivity contribution in [1.29, 1.82) is 0 Å². The molecule has 1 N–H and O–H groups in total. The van der Waals surface area contributed by atoms with E-state index in [0.29, 0.717) is 10.7 Å². The predicted octanol–water partition coefficient (Wildman–Crippen LogP) is 2.74. The van der Waals surface area contributed by atoms with Gasteiger partial charge in [0, 0.05) is 11.3 Å². The number of amides is 1. The first-order valence-electron chi connectivity index (χ1n) is 6.65. The van der Waals surface area contributed by atoms with Crippen LogP contribution in [0.15, 0.2) is 12.1 Å². The minimum atomic E-state index is -0.332. The summed E-state index contributed by atoms with van der Waals surface area (Å²) in [5.74, 6) is -0.158. The Balaban J connectivity index is 2.21. The van der Waals surface area contributed by atoms with Gasteiger partial charge in [-0.1, -0.05) is 24.9 Å². The smallest absolute Gasteiger partial charge is 0.258 e. The monoisotopic (exact) mass is 305 g/mol. The molecule has 7 heteroatoms. The summed E-state index contributed by atoms with van der Waals surface area (Å²) in [6, 6.07) is 3.24. The fraction of sp³-hybridized carbons (Fsp3) is 0.357. The van der Waals surface area contributed by atoms with E-state index in [9.17, 15) is 4.79 Å². The normalized spacial score (nSPS) is 10.5. The molecule has 0 radical (unpaired) electrons. The second-order valence-electron chi connectivity index (χ2n) is 4.68. The van der Waals surface area contributed by atoms with Crippen LogP contribution >= 0.6 is 11.6 Å². The average molecular weight is 306 g/mol. The maximum absolute atomic E-state index is 12.2. The second kappa shape index (κ2) is 6.58. The van der Waals surface area contributed by atoms with Crippen molar-refractivity contribution in [2.24, 2.45) is 0 Å². The zero-order valence-electron chi connectivity index (χ0n) is 12.1. The SMILES string of the molecule is CCCc1cc(C(=O)Nc2nnc(C)c(C)n2)cc(Cl)n1. The molecule has 0 fully saturated rings. The molecule has 0 atom stereocenters. The summed E-state index contributed by atoms with van der Waals surface area (Å²) in [6.45, 7) is 5.65. The largest absolute Gasteiger partial charge is 0.289 e. The van der Waals surface area contributed by atoms with Gasteiger partial charge in [-0.25, -0.2) is 9.97 Å². The summed E-state index contributed by atoms with van der Waals surface area (Å²) in [4.78, 5) is 20.6. The van der Waals surface area contributed by atoms with E-state index in [-0.39, 0.29) is 11.9 Å². The number of nitrogens with one attached hydrogen (secondary N) is 1. The predicted molar refractivity (Wildman–Crippen MR) is 80.5 cm³/mol. The fourth-order valence-corrected chi connectivity index (χ4v) is 1.98. The van der Waals surface area contributed by atoms with E-state index in [0.717, 1.165) is 29.9 Å². The number of nitrogens with zero attached hydrogens (tertiary/aromatic N) is 4. The number of carbonyl (C=O) groups excluding carboxylic acids is 1. The van der Waals surface area contributed by atoms with E-state index in [4.69, 9.17) is 11.6 Å². The number of pyridine rings is 1. The van der Waals surface area contributed by atoms with Gasteiger partial charge in [-0.2, -0.15) is 5.10 Å². The summed E-state index contributed by atoms with van der Waals surface area (Å²) in [6.07, 6.45) is 1.70. The first-order valence-corrected chi connectivity index (χ1v) is 7.03. The standard InChI is InChI=1S/C14H16ClN5O/c1-4-5-11-6-10(7-12(15)17-11)13(21)18-14-16-8(2)9(3)19-20-14/h6-7H,4-5H2,1-3H3,(H,16,18,20,21). The van der Waals surface area contributed by atoms with Gasteiger partial charge in [0.1, 0.15) is 5.15 Å². The Morgan fingerprint density at radius 3 is 2.62 bits per heavy atom. The molecule has 0 aliphatic heterocycles. The maximum Gasteiger partial charge on any atom is 0.258 e. The summed E-state index contributed by atoms with van der Waals surface area (Å²) in [7, 11) is 0. The van der Waals surface area contributed by atoms with Crippen molar-refractivity contribution in [3.05, 3.63) is 39.9 Å². The van der Waals surface area contributed by atoms with Crippen molar-refractivity contribution in [1.82, 2.24) is 20.2 Å². The van der Waals surface area contributed by atoms with Gasteiger partial charge in [-0.05, 0) is 32.4 Å². The lowest BCUT2D eigenvalue weighted by atomic mass is 10.1. The Hall–Kier alpha value is -2.08. The van der Waals surface area contributed by atoms with E-state index in [1.807, 2.05) is 13.8 Å². The van der Waals surface area contributed by atoms with Gasteiger partial charge < -0.3 is 0 Å². The molecule has 0 unspecified atom stereocenters. The van der Waals surface area contributed by atoms with Crippen LogP contribution < -0.4 is 5.32 Å². The van der Waals surface area contributed by atoms with Crippen LogP contribution in [-0.4, -0.2) is 26.1 Å². The molecule has 0 spiro atoms. The zero-order chi connectivity index (χ0) is 15.4. The van der Waals surface area contributed by atoms with Crippen molar-refractivity contribution >= 4 is 23.5 Å². The molecule has 0 bridgehead atoms. The molecular weight excluding hydrogens is 290 g/mol. The second-order valence-corrected chi connectivity index (χ2v) is 5.07.